The summed E-state index contributed by atoms with van der Waals surface area (Å²) in [5, 5.41) is 0. The zero-order chi connectivity index (χ0) is 24.0. The summed E-state index contributed by atoms with van der Waals surface area (Å²) in [5.74, 6) is -0.749. The van der Waals surface area contributed by atoms with Gasteiger partial charge in [0.2, 0.25) is 0 Å². The molecule has 0 bridgehead atoms. The Labute approximate surface area is 193 Å². The van der Waals surface area contributed by atoms with Crippen molar-refractivity contribution in [2.75, 3.05) is 38.1 Å². The fourth-order valence-electron chi connectivity index (χ4n) is 4.93. The molecule has 0 aromatic carbocycles. The lowest BCUT2D eigenvalue weighted by atomic mass is 9.88. The molecule has 1 aliphatic carbocycles. The predicted octanol–water partition coefficient (Wildman–Crippen LogP) is 2.78. The lowest BCUT2D eigenvalue weighted by Crippen LogP contribution is -2.50. The fraction of sp³-hybridized carbons (Fsp3) is 0.500. The van der Waals surface area contributed by atoms with Crippen LogP contribution in [0, 0.1) is 19.8 Å². The molecule has 0 spiro atoms. The van der Waals surface area contributed by atoms with Gasteiger partial charge in [0.15, 0.2) is 0 Å². The quantitative estimate of drug-likeness (QED) is 0.655. The molecule has 3 aliphatic rings. The van der Waals surface area contributed by atoms with E-state index in [1.54, 1.807) is 18.7 Å². The molecule has 2 unspecified atom stereocenters. The number of nitrogens with zero attached hydrogens (tertiary/aromatic N) is 5. The van der Waals surface area contributed by atoms with Crippen LogP contribution in [0.2, 0.25) is 0 Å². The molecule has 1 aromatic heterocycles. The number of imide groups is 1. The van der Waals surface area contributed by atoms with Crippen LogP contribution in [0.3, 0.4) is 0 Å². The lowest BCUT2D eigenvalue weighted by molar-refractivity contribution is -0.128. The van der Waals surface area contributed by atoms with Gasteiger partial charge in [0.1, 0.15) is 17.7 Å². The smallest absolute Gasteiger partial charge is 0.331 e. The van der Waals surface area contributed by atoms with Crippen LogP contribution in [0.25, 0.3) is 0 Å². The highest BCUT2D eigenvalue weighted by Crippen LogP contribution is 2.36. The van der Waals surface area contributed by atoms with Gasteiger partial charge in [-0.25, -0.2) is 14.2 Å². The van der Waals surface area contributed by atoms with Crippen LogP contribution in [0.1, 0.15) is 31.4 Å². The number of rotatable bonds is 3. The van der Waals surface area contributed by atoms with Gasteiger partial charge in [-0.2, -0.15) is 0 Å². The van der Waals surface area contributed by atoms with Crippen LogP contribution in [-0.4, -0.2) is 76.8 Å². The van der Waals surface area contributed by atoms with Gasteiger partial charge in [0.25, 0.3) is 11.8 Å². The zero-order valence-corrected chi connectivity index (χ0v) is 19.8. The minimum Gasteiger partial charge on any atom is -0.353 e. The molecule has 2 aliphatic heterocycles. The Morgan fingerprint density at radius 1 is 1.12 bits per heavy atom. The first kappa shape index (κ1) is 22.9. The molecule has 1 aromatic rings. The SMILES string of the molecule is Cc1cnc(N2CCN(C(=O)C3=C(F)C=C(N4C(=O)N(C)C(=O)C4C)CC3C)CC2)c(C)c1. The highest BCUT2D eigenvalue weighted by atomic mass is 19.1. The van der Waals surface area contributed by atoms with Crippen molar-refractivity contribution in [1.29, 1.82) is 0 Å². The Bertz CT molecular complexity index is 1070. The van der Waals surface area contributed by atoms with Gasteiger partial charge in [-0.1, -0.05) is 13.0 Å². The summed E-state index contributed by atoms with van der Waals surface area (Å²) in [4.78, 5) is 48.6. The molecular weight excluding hydrogens is 425 g/mol. The van der Waals surface area contributed by atoms with Gasteiger partial charge >= 0.3 is 6.03 Å². The summed E-state index contributed by atoms with van der Waals surface area (Å²) < 4.78 is 15.2. The van der Waals surface area contributed by atoms with Gasteiger partial charge in [0, 0.05) is 45.1 Å². The normalized spacial score (nSPS) is 24.1. The number of amides is 4. The number of piperazine rings is 1. The first-order chi connectivity index (χ1) is 15.6. The number of carbonyl (C=O) groups is 3. The molecule has 2 fully saturated rings. The summed E-state index contributed by atoms with van der Waals surface area (Å²) in [6.07, 6.45) is 3.40. The maximum absolute atomic E-state index is 15.2. The zero-order valence-electron chi connectivity index (χ0n) is 19.8. The second-order valence-corrected chi connectivity index (χ2v) is 9.16. The molecule has 4 rings (SSSR count). The number of likely N-dealkylation sites (N-methyl/N-ethyl adjacent to an activating group) is 1. The number of halogens is 1. The molecule has 2 atom stereocenters. The number of carbonyl (C=O) groups excluding carboxylic acids is 3. The molecule has 9 heteroatoms. The molecule has 0 saturated carbocycles. The highest BCUT2D eigenvalue weighted by Gasteiger charge is 2.44. The van der Waals surface area contributed by atoms with Crippen LogP contribution >= 0.6 is 0 Å². The number of aromatic nitrogens is 1. The Morgan fingerprint density at radius 3 is 2.33 bits per heavy atom. The summed E-state index contributed by atoms with van der Waals surface area (Å²) >= 11 is 0. The second kappa shape index (κ2) is 8.61. The number of allylic oxidation sites excluding steroid dienone is 3. The molecule has 2 saturated heterocycles. The van der Waals surface area contributed by atoms with E-state index in [9.17, 15) is 14.4 Å². The minimum absolute atomic E-state index is 0.135. The standard InChI is InChI=1S/C24H30FN5O3/c1-14-10-16(3)21(26-13-14)28-6-8-29(9-7-28)23(32)20-15(2)11-18(12-19(20)25)30-17(4)22(31)27(5)24(30)33/h10,12-13,15,17H,6-9,11H2,1-5H3. The van der Waals surface area contributed by atoms with E-state index in [0.717, 1.165) is 21.8 Å². The average molecular weight is 456 g/mol. The number of hydrogen-bond donors (Lipinski definition) is 0. The third kappa shape index (κ3) is 4.00. The van der Waals surface area contributed by atoms with E-state index in [4.69, 9.17) is 0 Å². The number of urea groups is 1. The number of pyridine rings is 1. The van der Waals surface area contributed by atoms with E-state index in [2.05, 4.69) is 16.0 Å². The van der Waals surface area contributed by atoms with Crippen molar-refractivity contribution in [3.05, 3.63) is 46.6 Å². The van der Waals surface area contributed by atoms with Gasteiger partial charge < -0.3 is 9.80 Å². The summed E-state index contributed by atoms with van der Waals surface area (Å²) in [5.41, 5.74) is 2.76. The molecule has 0 N–H and O–H groups in total. The fourth-order valence-corrected chi connectivity index (χ4v) is 4.93. The monoisotopic (exact) mass is 455 g/mol. The topological polar surface area (TPSA) is 77.1 Å². The third-order valence-corrected chi connectivity index (χ3v) is 6.72. The number of anilines is 1. The van der Waals surface area contributed by atoms with E-state index >= 15 is 4.39 Å². The molecule has 4 amide bonds. The first-order valence-corrected chi connectivity index (χ1v) is 11.3. The van der Waals surface area contributed by atoms with Gasteiger partial charge in [-0.05, 0) is 50.3 Å². The second-order valence-electron chi connectivity index (χ2n) is 9.16. The van der Waals surface area contributed by atoms with Crippen LogP contribution in [0.15, 0.2) is 35.4 Å². The Morgan fingerprint density at radius 2 is 1.79 bits per heavy atom. The van der Waals surface area contributed by atoms with E-state index < -0.39 is 23.8 Å². The van der Waals surface area contributed by atoms with Crippen LogP contribution in [0.4, 0.5) is 15.0 Å². The van der Waals surface area contributed by atoms with Gasteiger partial charge in [0.05, 0.1) is 5.57 Å². The molecule has 8 nitrogen and oxygen atoms in total. The molecule has 33 heavy (non-hydrogen) atoms. The van der Waals surface area contributed by atoms with Gasteiger partial charge in [-0.3, -0.25) is 19.4 Å². The number of aryl methyl sites for hydroxylation is 2. The highest BCUT2D eigenvalue weighted by molar-refractivity contribution is 6.04. The van der Waals surface area contributed by atoms with Gasteiger partial charge in [-0.15, -0.1) is 0 Å². The summed E-state index contributed by atoms with van der Waals surface area (Å²) in [6.45, 7) is 9.66. The van der Waals surface area contributed by atoms with E-state index in [-0.39, 0.29) is 17.4 Å². The van der Waals surface area contributed by atoms with Crippen molar-refractivity contribution in [2.24, 2.45) is 5.92 Å². The van der Waals surface area contributed by atoms with Crippen LogP contribution in [0.5, 0.6) is 0 Å². The number of hydrogen-bond acceptors (Lipinski definition) is 5. The third-order valence-electron chi connectivity index (χ3n) is 6.72. The van der Waals surface area contributed by atoms with Crippen molar-refractivity contribution in [3.63, 3.8) is 0 Å². The molecular formula is C24H30FN5O3. The van der Waals surface area contributed by atoms with Crippen molar-refractivity contribution < 1.29 is 18.8 Å². The van der Waals surface area contributed by atoms with Crippen molar-refractivity contribution in [2.45, 2.75) is 40.2 Å². The summed E-state index contributed by atoms with van der Waals surface area (Å²) in [6, 6.07) is 0.938. The summed E-state index contributed by atoms with van der Waals surface area (Å²) in [7, 11) is 1.42. The molecule has 3 heterocycles. The largest absolute Gasteiger partial charge is 0.353 e. The van der Waals surface area contributed by atoms with Crippen LogP contribution < -0.4 is 4.90 Å². The van der Waals surface area contributed by atoms with E-state index in [0.29, 0.717) is 38.3 Å². The Balaban J connectivity index is 1.49. The van der Waals surface area contributed by atoms with E-state index in [1.165, 1.54) is 18.0 Å². The molecule has 176 valence electrons. The molecule has 0 radical (unpaired) electrons. The maximum Gasteiger partial charge on any atom is 0.331 e. The van der Waals surface area contributed by atoms with Crippen molar-refractivity contribution >= 4 is 23.7 Å². The predicted molar refractivity (Wildman–Crippen MR) is 122 cm³/mol. The Kier molecular flexibility index (Phi) is 5.99. The van der Waals surface area contributed by atoms with Crippen molar-refractivity contribution in [1.82, 2.24) is 19.7 Å². The van der Waals surface area contributed by atoms with E-state index in [1.807, 2.05) is 20.0 Å². The lowest BCUT2D eigenvalue weighted by Gasteiger charge is -2.37. The maximum atomic E-state index is 15.2. The van der Waals surface area contributed by atoms with Crippen LogP contribution in [-0.2, 0) is 9.59 Å². The van der Waals surface area contributed by atoms with Crippen molar-refractivity contribution in [3.8, 4) is 0 Å². The minimum atomic E-state index is -0.682. The average Bonchev–Trinajstić information content (AvgIpc) is 2.96. The Hall–Kier alpha value is -3.23. The first-order valence-electron chi connectivity index (χ1n) is 11.3.